The molecule has 0 spiro atoms. The van der Waals surface area contributed by atoms with E-state index < -0.39 is 0 Å². The first-order valence-corrected chi connectivity index (χ1v) is 8.77. The van der Waals surface area contributed by atoms with Crippen molar-refractivity contribution in [3.63, 3.8) is 0 Å². The second kappa shape index (κ2) is 7.64. The van der Waals surface area contributed by atoms with Crippen molar-refractivity contribution >= 4 is 5.91 Å². The number of rotatable bonds is 5. The summed E-state index contributed by atoms with van der Waals surface area (Å²) in [5, 5.41) is 3.89. The normalized spacial score (nSPS) is 18.8. The Labute approximate surface area is 142 Å². The summed E-state index contributed by atoms with van der Waals surface area (Å²) in [6.07, 6.45) is 5.86. The van der Waals surface area contributed by atoms with Crippen LogP contribution in [0.15, 0.2) is 27.3 Å². The molecule has 6 nitrogen and oxygen atoms in total. The predicted octanol–water partition coefficient (Wildman–Crippen LogP) is 3.55. The van der Waals surface area contributed by atoms with Crippen molar-refractivity contribution in [2.24, 2.45) is 11.8 Å². The van der Waals surface area contributed by atoms with Crippen molar-refractivity contribution in [1.82, 2.24) is 15.0 Å². The van der Waals surface area contributed by atoms with E-state index in [1.165, 1.54) is 6.42 Å². The molecule has 0 aliphatic carbocycles. The molecular formula is C18H25N3O3. The summed E-state index contributed by atoms with van der Waals surface area (Å²) in [6, 6.07) is 3.56. The summed E-state index contributed by atoms with van der Waals surface area (Å²) >= 11 is 0. The van der Waals surface area contributed by atoms with Crippen molar-refractivity contribution in [2.45, 2.75) is 46.0 Å². The zero-order valence-corrected chi connectivity index (χ0v) is 14.4. The van der Waals surface area contributed by atoms with Gasteiger partial charge in [-0.25, -0.2) is 0 Å². The van der Waals surface area contributed by atoms with Crippen molar-refractivity contribution in [1.29, 1.82) is 0 Å². The number of hydrogen-bond acceptors (Lipinski definition) is 5. The molecule has 1 unspecified atom stereocenters. The van der Waals surface area contributed by atoms with Crippen LogP contribution in [0, 0.1) is 11.8 Å². The highest BCUT2D eigenvalue weighted by Gasteiger charge is 2.22. The zero-order valence-electron chi connectivity index (χ0n) is 14.4. The van der Waals surface area contributed by atoms with Crippen molar-refractivity contribution in [2.75, 3.05) is 13.1 Å². The molecule has 3 rings (SSSR count). The fourth-order valence-electron chi connectivity index (χ4n) is 3.27. The van der Waals surface area contributed by atoms with Crippen LogP contribution in [0.3, 0.4) is 0 Å². The number of hydrogen-bond donors (Lipinski definition) is 0. The van der Waals surface area contributed by atoms with Gasteiger partial charge in [0.2, 0.25) is 17.6 Å². The first-order valence-electron chi connectivity index (χ1n) is 8.77. The van der Waals surface area contributed by atoms with E-state index in [0.29, 0.717) is 36.2 Å². The standard InChI is InChI=1S/C18H25N3O3/c1-13(2)14-5-3-10-21(11-9-14)17(22)8-7-16-19-18(20-24-16)15-6-4-12-23-15/h4,6,12-14H,3,5,7-11H2,1-2H3. The summed E-state index contributed by atoms with van der Waals surface area (Å²) in [4.78, 5) is 18.7. The lowest BCUT2D eigenvalue weighted by molar-refractivity contribution is -0.131. The molecule has 2 aromatic heterocycles. The summed E-state index contributed by atoms with van der Waals surface area (Å²) in [7, 11) is 0. The number of aryl methyl sites for hydroxylation is 1. The Kier molecular flexibility index (Phi) is 5.33. The third-order valence-electron chi connectivity index (χ3n) is 4.83. The summed E-state index contributed by atoms with van der Waals surface area (Å²) in [6.45, 7) is 6.27. The number of carbonyl (C=O) groups is 1. The van der Waals surface area contributed by atoms with Crippen LogP contribution in [0.1, 0.15) is 45.4 Å². The van der Waals surface area contributed by atoms with Gasteiger partial charge in [0.15, 0.2) is 5.76 Å². The van der Waals surface area contributed by atoms with Crippen molar-refractivity contribution in [3.05, 3.63) is 24.3 Å². The second-order valence-electron chi connectivity index (χ2n) is 6.80. The van der Waals surface area contributed by atoms with E-state index in [-0.39, 0.29) is 5.91 Å². The molecule has 3 heterocycles. The number of amides is 1. The lowest BCUT2D eigenvalue weighted by Crippen LogP contribution is -2.32. The van der Waals surface area contributed by atoms with Crippen LogP contribution < -0.4 is 0 Å². The van der Waals surface area contributed by atoms with Crippen LogP contribution >= 0.6 is 0 Å². The van der Waals surface area contributed by atoms with E-state index in [0.717, 1.165) is 31.8 Å². The first-order chi connectivity index (χ1) is 11.6. The SMILES string of the molecule is CC(C)C1CCCN(C(=O)CCc2nc(-c3ccco3)no2)CC1. The molecule has 2 aromatic rings. The average Bonchev–Trinajstić information content (AvgIpc) is 3.19. The minimum Gasteiger partial charge on any atom is -0.461 e. The molecule has 1 atom stereocenters. The van der Waals surface area contributed by atoms with Gasteiger partial charge in [-0.05, 0) is 43.2 Å². The number of aromatic nitrogens is 2. The van der Waals surface area contributed by atoms with Crippen molar-refractivity contribution in [3.8, 4) is 11.6 Å². The average molecular weight is 331 g/mol. The van der Waals surface area contributed by atoms with Gasteiger partial charge in [-0.1, -0.05) is 19.0 Å². The van der Waals surface area contributed by atoms with Gasteiger partial charge in [0.1, 0.15) is 0 Å². The summed E-state index contributed by atoms with van der Waals surface area (Å²) in [5.41, 5.74) is 0. The molecule has 24 heavy (non-hydrogen) atoms. The highest BCUT2D eigenvalue weighted by Crippen LogP contribution is 2.25. The van der Waals surface area contributed by atoms with Crippen LogP contribution in [0.4, 0.5) is 0 Å². The Balaban J connectivity index is 1.50. The topological polar surface area (TPSA) is 72.4 Å². The molecule has 0 radical (unpaired) electrons. The molecule has 0 saturated carbocycles. The smallest absolute Gasteiger partial charge is 0.238 e. The van der Waals surface area contributed by atoms with Gasteiger partial charge in [-0.3, -0.25) is 4.79 Å². The van der Waals surface area contributed by atoms with E-state index in [2.05, 4.69) is 24.0 Å². The summed E-state index contributed by atoms with van der Waals surface area (Å²) < 4.78 is 10.4. The quantitative estimate of drug-likeness (QED) is 0.838. The Morgan fingerprint density at radius 1 is 1.38 bits per heavy atom. The van der Waals surface area contributed by atoms with Crippen LogP contribution in [0.2, 0.25) is 0 Å². The highest BCUT2D eigenvalue weighted by atomic mass is 16.5. The number of nitrogens with zero attached hydrogens (tertiary/aromatic N) is 3. The molecule has 1 aliphatic rings. The third-order valence-corrected chi connectivity index (χ3v) is 4.83. The van der Waals surface area contributed by atoms with Gasteiger partial charge in [-0.2, -0.15) is 4.98 Å². The number of furan rings is 1. The van der Waals surface area contributed by atoms with E-state index in [9.17, 15) is 4.79 Å². The fourth-order valence-corrected chi connectivity index (χ4v) is 3.27. The maximum atomic E-state index is 12.5. The molecule has 1 aliphatic heterocycles. The molecule has 0 bridgehead atoms. The van der Waals surface area contributed by atoms with Gasteiger partial charge in [0.25, 0.3) is 0 Å². The maximum absolute atomic E-state index is 12.5. The molecule has 6 heteroatoms. The van der Waals surface area contributed by atoms with Gasteiger partial charge in [0.05, 0.1) is 6.26 Å². The molecule has 1 fully saturated rings. The van der Waals surface area contributed by atoms with E-state index in [1.54, 1.807) is 18.4 Å². The molecule has 130 valence electrons. The summed E-state index contributed by atoms with van der Waals surface area (Å²) in [5.74, 6) is 3.08. The molecular weight excluding hydrogens is 306 g/mol. The number of carbonyl (C=O) groups excluding carboxylic acids is 1. The maximum Gasteiger partial charge on any atom is 0.238 e. The van der Waals surface area contributed by atoms with Gasteiger partial charge < -0.3 is 13.8 Å². The fraction of sp³-hybridized carbons (Fsp3) is 0.611. The predicted molar refractivity (Wildman–Crippen MR) is 89.1 cm³/mol. The third kappa shape index (κ3) is 4.04. The Morgan fingerprint density at radius 2 is 2.25 bits per heavy atom. The van der Waals surface area contributed by atoms with Crippen LogP contribution in [-0.2, 0) is 11.2 Å². The van der Waals surface area contributed by atoms with Gasteiger partial charge in [0, 0.05) is 25.9 Å². The number of likely N-dealkylation sites (tertiary alicyclic amines) is 1. The first kappa shape index (κ1) is 16.7. The van der Waals surface area contributed by atoms with Gasteiger partial charge in [-0.15, -0.1) is 0 Å². The zero-order chi connectivity index (χ0) is 16.9. The minimum absolute atomic E-state index is 0.178. The second-order valence-corrected chi connectivity index (χ2v) is 6.80. The highest BCUT2D eigenvalue weighted by molar-refractivity contribution is 5.76. The molecule has 0 N–H and O–H groups in total. The Morgan fingerprint density at radius 3 is 3.00 bits per heavy atom. The van der Waals surface area contributed by atoms with E-state index in [1.807, 2.05) is 4.90 Å². The van der Waals surface area contributed by atoms with E-state index >= 15 is 0 Å². The van der Waals surface area contributed by atoms with Crippen LogP contribution in [0.25, 0.3) is 11.6 Å². The van der Waals surface area contributed by atoms with E-state index in [4.69, 9.17) is 8.94 Å². The molecule has 1 amide bonds. The Hall–Kier alpha value is -2.11. The van der Waals surface area contributed by atoms with Crippen LogP contribution in [-0.4, -0.2) is 34.0 Å². The lowest BCUT2D eigenvalue weighted by atomic mass is 9.89. The van der Waals surface area contributed by atoms with Crippen LogP contribution in [0.5, 0.6) is 0 Å². The van der Waals surface area contributed by atoms with Crippen molar-refractivity contribution < 1.29 is 13.7 Å². The molecule has 0 aromatic carbocycles. The minimum atomic E-state index is 0.178. The monoisotopic (exact) mass is 331 g/mol. The lowest BCUT2D eigenvalue weighted by Gasteiger charge is -2.21. The Bertz CT molecular complexity index is 648. The molecule has 1 saturated heterocycles. The van der Waals surface area contributed by atoms with Gasteiger partial charge >= 0.3 is 0 Å². The largest absolute Gasteiger partial charge is 0.461 e.